The van der Waals surface area contributed by atoms with Crippen molar-refractivity contribution in [3.63, 3.8) is 0 Å². The Morgan fingerprint density at radius 1 is 1.40 bits per heavy atom. The molecule has 1 heterocycles. The van der Waals surface area contributed by atoms with Gasteiger partial charge in [0.15, 0.2) is 0 Å². The summed E-state index contributed by atoms with van der Waals surface area (Å²) in [5.74, 6) is 0. The summed E-state index contributed by atoms with van der Waals surface area (Å²) in [5, 5.41) is 9.69. The molecule has 1 aromatic rings. The molecule has 3 nitrogen and oxygen atoms in total. The summed E-state index contributed by atoms with van der Waals surface area (Å²) in [4.78, 5) is 4.98. The molecule has 2 rings (SSSR count). The molecule has 1 fully saturated rings. The van der Waals surface area contributed by atoms with E-state index in [0.717, 1.165) is 36.2 Å². The minimum atomic E-state index is -0.430. The summed E-state index contributed by atoms with van der Waals surface area (Å²) < 4.78 is 0.997. The van der Waals surface area contributed by atoms with E-state index in [1.807, 2.05) is 6.07 Å². The number of hydrogen-bond acceptors (Lipinski definition) is 3. The van der Waals surface area contributed by atoms with Crippen LogP contribution in [0.15, 0.2) is 22.7 Å². The van der Waals surface area contributed by atoms with E-state index in [4.69, 9.17) is 0 Å². The first-order valence-corrected chi connectivity index (χ1v) is 8.32. The minimum Gasteiger partial charge on any atom is -0.389 e. The van der Waals surface area contributed by atoms with Crippen molar-refractivity contribution < 1.29 is 5.11 Å². The topological polar surface area (TPSA) is 26.7 Å². The molecule has 1 aliphatic rings. The highest BCUT2D eigenvalue weighted by atomic mass is 79.9. The van der Waals surface area contributed by atoms with Crippen molar-refractivity contribution in [3.05, 3.63) is 28.2 Å². The van der Waals surface area contributed by atoms with E-state index in [0.29, 0.717) is 6.04 Å². The number of anilines is 1. The smallest absolute Gasteiger partial charge is 0.0772 e. The van der Waals surface area contributed by atoms with Crippen LogP contribution >= 0.6 is 15.9 Å². The van der Waals surface area contributed by atoms with Gasteiger partial charge in [0, 0.05) is 29.3 Å². The number of halogens is 1. The Labute approximate surface area is 130 Å². The molecule has 0 radical (unpaired) electrons. The molecule has 0 saturated carbocycles. The molecule has 20 heavy (non-hydrogen) atoms. The molecular weight excluding hydrogens is 316 g/mol. The minimum absolute atomic E-state index is 0.430. The second-order valence-electron chi connectivity index (χ2n) is 5.49. The highest BCUT2D eigenvalue weighted by Crippen LogP contribution is 2.30. The van der Waals surface area contributed by atoms with E-state index >= 15 is 0 Å². The van der Waals surface area contributed by atoms with Crippen molar-refractivity contribution in [3.8, 4) is 0 Å². The third-order valence-electron chi connectivity index (χ3n) is 4.29. The summed E-state index contributed by atoms with van der Waals surface area (Å²) in [6.07, 6.45) is 0.803. The van der Waals surface area contributed by atoms with Crippen LogP contribution in [0.4, 0.5) is 5.69 Å². The molecular formula is C16H25BrN2O. The molecule has 1 N–H and O–H groups in total. The molecule has 0 bridgehead atoms. The van der Waals surface area contributed by atoms with Gasteiger partial charge >= 0.3 is 0 Å². The van der Waals surface area contributed by atoms with E-state index in [2.05, 4.69) is 51.7 Å². The van der Waals surface area contributed by atoms with Gasteiger partial charge in [-0.1, -0.05) is 35.8 Å². The number of nitrogens with zero attached hydrogens (tertiary/aromatic N) is 2. The van der Waals surface area contributed by atoms with Gasteiger partial charge in [-0.05, 0) is 44.1 Å². The Bertz CT molecular complexity index is 446. The molecule has 0 spiro atoms. The van der Waals surface area contributed by atoms with Crippen molar-refractivity contribution in [2.45, 2.75) is 39.3 Å². The predicted molar refractivity (Wildman–Crippen MR) is 88.3 cm³/mol. The third-order valence-corrected chi connectivity index (χ3v) is 4.98. The molecule has 1 aliphatic heterocycles. The van der Waals surface area contributed by atoms with E-state index in [-0.39, 0.29) is 0 Å². The first-order valence-electron chi connectivity index (χ1n) is 7.53. The number of aliphatic hydroxyl groups excluding tert-OH is 1. The van der Waals surface area contributed by atoms with E-state index in [9.17, 15) is 5.11 Å². The lowest BCUT2D eigenvalue weighted by molar-refractivity contribution is 0.198. The maximum atomic E-state index is 9.69. The number of hydrogen-bond donors (Lipinski definition) is 1. The summed E-state index contributed by atoms with van der Waals surface area (Å²) in [5.41, 5.74) is 2.20. The zero-order chi connectivity index (χ0) is 14.7. The summed E-state index contributed by atoms with van der Waals surface area (Å²) in [6.45, 7) is 10.7. The number of aliphatic hydroxyl groups is 1. The quantitative estimate of drug-likeness (QED) is 0.889. The maximum absolute atomic E-state index is 9.69. The zero-order valence-electron chi connectivity index (χ0n) is 12.6. The fourth-order valence-corrected chi connectivity index (χ4v) is 3.76. The maximum Gasteiger partial charge on any atom is 0.0772 e. The molecule has 2 atom stereocenters. The second kappa shape index (κ2) is 6.92. The lowest BCUT2D eigenvalue weighted by Gasteiger charge is -2.27. The molecule has 0 aromatic heterocycles. The number of benzene rings is 1. The van der Waals surface area contributed by atoms with Crippen LogP contribution in [-0.4, -0.2) is 42.2 Å². The molecule has 0 amide bonds. The van der Waals surface area contributed by atoms with Gasteiger partial charge in [0.1, 0.15) is 0 Å². The highest BCUT2D eigenvalue weighted by Gasteiger charge is 2.26. The summed E-state index contributed by atoms with van der Waals surface area (Å²) >= 11 is 3.57. The average molecular weight is 341 g/mol. The summed E-state index contributed by atoms with van der Waals surface area (Å²) in [6, 6.07) is 6.94. The van der Waals surface area contributed by atoms with Crippen LogP contribution in [0.2, 0.25) is 0 Å². The van der Waals surface area contributed by atoms with E-state index < -0.39 is 6.10 Å². The van der Waals surface area contributed by atoms with Crippen LogP contribution in [0.1, 0.15) is 38.9 Å². The van der Waals surface area contributed by atoms with E-state index in [1.165, 1.54) is 12.1 Å². The lowest BCUT2D eigenvalue weighted by atomic mass is 10.1. The third kappa shape index (κ3) is 3.35. The van der Waals surface area contributed by atoms with Crippen LogP contribution in [0.25, 0.3) is 0 Å². The highest BCUT2D eigenvalue weighted by molar-refractivity contribution is 9.10. The molecule has 1 saturated heterocycles. The van der Waals surface area contributed by atoms with Crippen LogP contribution in [-0.2, 0) is 0 Å². The van der Waals surface area contributed by atoms with Gasteiger partial charge in [-0.3, -0.25) is 4.90 Å². The predicted octanol–water partition coefficient (Wildman–Crippen LogP) is 3.42. The Hall–Kier alpha value is -0.580. The fourth-order valence-electron chi connectivity index (χ4n) is 3.07. The van der Waals surface area contributed by atoms with Gasteiger partial charge in [0.2, 0.25) is 0 Å². The fraction of sp³-hybridized carbons (Fsp3) is 0.625. The van der Waals surface area contributed by atoms with Gasteiger partial charge < -0.3 is 10.0 Å². The SMILES string of the molecule is CCN(CC)C1CCN(c2ccc([C@H](C)O)c(Br)c2)C1. The standard InChI is InChI=1S/C16H25BrN2O/c1-4-18(5-2)14-8-9-19(11-14)13-6-7-15(12(3)20)16(17)10-13/h6-7,10,12,14,20H,4-5,8-9,11H2,1-3H3/t12-,14?/m0/s1. The second-order valence-corrected chi connectivity index (χ2v) is 6.35. The largest absolute Gasteiger partial charge is 0.389 e. The Morgan fingerprint density at radius 2 is 2.10 bits per heavy atom. The Kier molecular flexibility index (Phi) is 5.47. The Morgan fingerprint density at radius 3 is 2.65 bits per heavy atom. The van der Waals surface area contributed by atoms with Gasteiger partial charge in [0.05, 0.1) is 6.10 Å². The van der Waals surface area contributed by atoms with Crippen molar-refractivity contribution in [2.24, 2.45) is 0 Å². The molecule has 4 heteroatoms. The Balaban J connectivity index is 2.08. The number of likely N-dealkylation sites (N-methyl/N-ethyl adjacent to an activating group) is 1. The van der Waals surface area contributed by atoms with E-state index in [1.54, 1.807) is 6.92 Å². The zero-order valence-corrected chi connectivity index (χ0v) is 14.2. The first kappa shape index (κ1) is 15.8. The van der Waals surface area contributed by atoms with Gasteiger partial charge in [0.25, 0.3) is 0 Å². The van der Waals surface area contributed by atoms with Crippen molar-refractivity contribution in [2.75, 3.05) is 31.1 Å². The van der Waals surface area contributed by atoms with Gasteiger partial charge in [-0.15, -0.1) is 0 Å². The molecule has 0 aliphatic carbocycles. The normalized spacial score (nSPS) is 20.7. The average Bonchev–Trinajstić information content (AvgIpc) is 2.89. The van der Waals surface area contributed by atoms with Crippen LogP contribution in [0.3, 0.4) is 0 Å². The van der Waals surface area contributed by atoms with Crippen LogP contribution in [0, 0.1) is 0 Å². The van der Waals surface area contributed by atoms with Crippen LogP contribution < -0.4 is 4.90 Å². The summed E-state index contributed by atoms with van der Waals surface area (Å²) in [7, 11) is 0. The van der Waals surface area contributed by atoms with Crippen LogP contribution in [0.5, 0.6) is 0 Å². The molecule has 1 aromatic carbocycles. The number of rotatable bonds is 5. The molecule has 112 valence electrons. The van der Waals surface area contributed by atoms with Gasteiger partial charge in [-0.2, -0.15) is 0 Å². The van der Waals surface area contributed by atoms with Crippen molar-refractivity contribution >= 4 is 21.6 Å². The monoisotopic (exact) mass is 340 g/mol. The van der Waals surface area contributed by atoms with Gasteiger partial charge in [-0.25, -0.2) is 0 Å². The first-order chi connectivity index (χ1) is 9.56. The lowest BCUT2D eigenvalue weighted by Crippen LogP contribution is -2.37. The van der Waals surface area contributed by atoms with Crippen molar-refractivity contribution in [1.29, 1.82) is 0 Å². The molecule has 1 unspecified atom stereocenters. The van der Waals surface area contributed by atoms with Crippen molar-refractivity contribution in [1.82, 2.24) is 4.90 Å².